The Hall–Kier alpha value is -3.30. The minimum atomic E-state index is -1.08. The van der Waals surface area contributed by atoms with E-state index in [1.54, 1.807) is 18.2 Å². The molecule has 0 bridgehead atoms. The fourth-order valence-corrected chi connectivity index (χ4v) is 3.58. The number of rotatable bonds is 9. The lowest BCUT2D eigenvalue weighted by molar-refractivity contribution is -0.384. The molecule has 35 heavy (non-hydrogen) atoms. The van der Waals surface area contributed by atoms with E-state index >= 15 is 0 Å². The van der Waals surface area contributed by atoms with Gasteiger partial charge in [0, 0.05) is 27.7 Å². The third kappa shape index (κ3) is 9.46. The third-order valence-corrected chi connectivity index (χ3v) is 5.46. The van der Waals surface area contributed by atoms with Crippen LogP contribution >= 0.6 is 31.9 Å². The number of halogens is 2. The normalized spacial score (nSPS) is 14.3. The second kappa shape index (κ2) is 13.6. The molecule has 1 heterocycles. The molecule has 13 nitrogen and oxygen atoms in total. The van der Waals surface area contributed by atoms with Gasteiger partial charge in [-0.25, -0.2) is 0 Å². The number of benzene rings is 2. The highest BCUT2D eigenvalue weighted by molar-refractivity contribution is 9.10. The van der Waals surface area contributed by atoms with Gasteiger partial charge in [0.25, 0.3) is 11.4 Å². The number of amides is 1. The van der Waals surface area contributed by atoms with E-state index in [1.807, 2.05) is 0 Å². The molecule has 3 rings (SSSR count). The zero-order chi connectivity index (χ0) is 26.0. The average Bonchev–Trinajstić information content (AvgIpc) is 3.30. The highest BCUT2D eigenvalue weighted by atomic mass is 79.9. The molecule has 1 saturated heterocycles. The van der Waals surface area contributed by atoms with Crippen LogP contribution in [-0.2, 0) is 14.3 Å². The van der Waals surface area contributed by atoms with Crippen molar-refractivity contribution in [1.82, 2.24) is 5.32 Å². The van der Waals surface area contributed by atoms with E-state index in [0.29, 0.717) is 27.8 Å². The third-order valence-electron chi connectivity index (χ3n) is 4.48. The molecule has 0 saturated carbocycles. The number of carbonyl (C=O) groups excluding carboxylic acids is 1. The Labute approximate surface area is 215 Å². The van der Waals surface area contributed by atoms with Crippen molar-refractivity contribution in [3.8, 4) is 0 Å². The quantitative estimate of drug-likeness (QED) is 0.239. The molecule has 1 atom stereocenters. The number of ether oxygens (including phenoxy) is 1. The average molecular weight is 619 g/mol. The van der Waals surface area contributed by atoms with Gasteiger partial charge in [-0.3, -0.25) is 29.8 Å². The van der Waals surface area contributed by atoms with Gasteiger partial charge in [-0.2, -0.15) is 0 Å². The van der Waals surface area contributed by atoms with Gasteiger partial charge in [-0.15, -0.1) is 0 Å². The Kier molecular flexibility index (Phi) is 10.8. The first-order chi connectivity index (χ1) is 16.6. The van der Waals surface area contributed by atoms with E-state index in [4.69, 9.17) is 9.84 Å². The molecule has 1 unspecified atom stereocenters. The molecule has 1 amide bonds. The summed E-state index contributed by atoms with van der Waals surface area (Å²) in [7, 11) is 0. The number of hydrogen-bond donors (Lipinski definition) is 4. The number of carboxylic acid groups (broad SMARTS) is 1. The van der Waals surface area contributed by atoms with Gasteiger partial charge >= 0.3 is 5.97 Å². The van der Waals surface area contributed by atoms with Crippen LogP contribution in [0.25, 0.3) is 0 Å². The number of aliphatic carboxylic acids is 1. The highest BCUT2D eigenvalue weighted by Gasteiger charge is 2.19. The summed E-state index contributed by atoms with van der Waals surface area (Å²) in [5, 5.41) is 38.0. The monoisotopic (exact) mass is 617 g/mol. The lowest BCUT2D eigenvalue weighted by Gasteiger charge is -2.12. The van der Waals surface area contributed by atoms with E-state index < -0.39 is 15.8 Å². The molecular weight excluding hydrogens is 598 g/mol. The second-order valence-corrected chi connectivity index (χ2v) is 8.90. The molecule has 1 aliphatic rings. The van der Waals surface area contributed by atoms with Crippen molar-refractivity contribution in [3.63, 3.8) is 0 Å². The molecule has 0 spiro atoms. The van der Waals surface area contributed by atoms with Crippen LogP contribution in [0.4, 0.5) is 22.7 Å². The van der Waals surface area contributed by atoms with Crippen molar-refractivity contribution >= 4 is 66.5 Å². The molecule has 2 aromatic carbocycles. The Balaban J connectivity index is 0.000000258. The van der Waals surface area contributed by atoms with E-state index in [-0.39, 0.29) is 42.1 Å². The standard InChI is InChI=1S/C12H14BrN3O4.C8H7BrN2O4/c13-8-1-2-10(11(5-8)16(18)19)14-6-12(17)15-9-3-4-20-7-9;9-5-1-2-6(10-4-8(12)13)7(3-5)11(14)15/h1-2,5,9,14H,3-4,6-7H2,(H,15,17);1-3,10H,4H2,(H,12,13). The van der Waals surface area contributed by atoms with Gasteiger partial charge < -0.3 is 25.8 Å². The van der Waals surface area contributed by atoms with E-state index in [2.05, 4.69) is 47.8 Å². The van der Waals surface area contributed by atoms with E-state index in [1.165, 1.54) is 18.2 Å². The molecule has 0 aromatic heterocycles. The van der Waals surface area contributed by atoms with Crippen molar-refractivity contribution in [2.75, 3.05) is 36.9 Å². The molecule has 0 aliphatic carbocycles. The lowest BCUT2D eigenvalue weighted by atomic mass is 10.2. The van der Waals surface area contributed by atoms with Crippen LogP contribution in [0.5, 0.6) is 0 Å². The van der Waals surface area contributed by atoms with Gasteiger partial charge in [0.05, 0.1) is 29.0 Å². The summed E-state index contributed by atoms with van der Waals surface area (Å²) >= 11 is 6.27. The summed E-state index contributed by atoms with van der Waals surface area (Å²) in [5.41, 5.74) is 0.267. The van der Waals surface area contributed by atoms with Crippen LogP contribution in [-0.4, -0.2) is 59.2 Å². The van der Waals surface area contributed by atoms with Crippen LogP contribution < -0.4 is 16.0 Å². The molecule has 0 radical (unpaired) electrons. The topological polar surface area (TPSA) is 186 Å². The maximum atomic E-state index is 11.7. The number of carbonyl (C=O) groups is 2. The van der Waals surface area contributed by atoms with Crippen molar-refractivity contribution in [1.29, 1.82) is 0 Å². The van der Waals surface area contributed by atoms with E-state index in [9.17, 15) is 29.8 Å². The van der Waals surface area contributed by atoms with Crippen molar-refractivity contribution in [2.24, 2.45) is 0 Å². The van der Waals surface area contributed by atoms with Crippen LogP contribution in [0, 0.1) is 20.2 Å². The maximum absolute atomic E-state index is 11.7. The Morgan fingerprint density at radius 3 is 1.91 bits per heavy atom. The summed E-state index contributed by atoms with van der Waals surface area (Å²) in [6.45, 7) is 0.794. The van der Waals surface area contributed by atoms with Crippen molar-refractivity contribution in [3.05, 3.63) is 65.6 Å². The number of carboxylic acids is 1. The first-order valence-corrected chi connectivity index (χ1v) is 11.6. The molecule has 4 N–H and O–H groups in total. The minimum Gasteiger partial charge on any atom is -0.480 e. The van der Waals surface area contributed by atoms with Crippen molar-refractivity contribution in [2.45, 2.75) is 12.5 Å². The predicted molar refractivity (Wildman–Crippen MR) is 134 cm³/mol. The largest absolute Gasteiger partial charge is 0.480 e. The molecule has 1 aliphatic heterocycles. The van der Waals surface area contributed by atoms with Crippen LogP contribution in [0.1, 0.15) is 6.42 Å². The highest BCUT2D eigenvalue weighted by Crippen LogP contribution is 2.28. The molecular formula is C20H21Br2N5O8. The fourth-order valence-electron chi connectivity index (χ4n) is 2.88. The molecule has 2 aromatic rings. The van der Waals surface area contributed by atoms with E-state index in [0.717, 1.165) is 6.42 Å². The number of nitro benzene ring substituents is 2. The fraction of sp³-hybridized carbons (Fsp3) is 0.300. The Morgan fingerprint density at radius 2 is 1.49 bits per heavy atom. The first-order valence-electron chi connectivity index (χ1n) is 10.0. The Bertz CT molecular complexity index is 1100. The van der Waals surface area contributed by atoms with Crippen LogP contribution in [0.15, 0.2) is 45.3 Å². The summed E-state index contributed by atoms with van der Waals surface area (Å²) in [5.74, 6) is -1.29. The summed E-state index contributed by atoms with van der Waals surface area (Å²) < 4.78 is 6.33. The number of nitrogens with zero attached hydrogens (tertiary/aromatic N) is 2. The summed E-state index contributed by atoms with van der Waals surface area (Å²) in [6.07, 6.45) is 0.796. The molecule has 1 fully saturated rings. The number of hydrogen-bond acceptors (Lipinski definition) is 9. The van der Waals surface area contributed by atoms with Gasteiger partial charge in [0.15, 0.2) is 0 Å². The minimum absolute atomic E-state index is 0.0149. The smallest absolute Gasteiger partial charge is 0.322 e. The number of anilines is 2. The Morgan fingerprint density at radius 1 is 0.971 bits per heavy atom. The lowest BCUT2D eigenvalue weighted by Crippen LogP contribution is -2.38. The zero-order valence-corrected chi connectivity index (χ0v) is 21.2. The second-order valence-electron chi connectivity index (χ2n) is 7.07. The molecule has 188 valence electrons. The van der Waals surface area contributed by atoms with Crippen LogP contribution in [0.2, 0.25) is 0 Å². The number of nitrogens with one attached hydrogen (secondary N) is 3. The number of nitro groups is 2. The summed E-state index contributed by atoms with van der Waals surface area (Å²) in [6, 6.07) is 9.02. The SMILES string of the molecule is O=C(CNc1ccc(Br)cc1[N+](=O)[O-])NC1CCOC1.O=C(O)CNc1ccc(Br)cc1[N+](=O)[O-]. The van der Waals surface area contributed by atoms with Crippen molar-refractivity contribution < 1.29 is 29.3 Å². The van der Waals surface area contributed by atoms with Gasteiger partial charge in [-0.05, 0) is 30.7 Å². The molecule has 15 heteroatoms. The van der Waals surface area contributed by atoms with Gasteiger partial charge in [-0.1, -0.05) is 31.9 Å². The maximum Gasteiger partial charge on any atom is 0.322 e. The van der Waals surface area contributed by atoms with Gasteiger partial charge in [0.1, 0.15) is 17.9 Å². The van der Waals surface area contributed by atoms with Gasteiger partial charge in [0.2, 0.25) is 5.91 Å². The zero-order valence-electron chi connectivity index (χ0n) is 18.0. The van der Waals surface area contributed by atoms with Crippen LogP contribution in [0.3, 0.4) is 0 Å². The first kappa shape index (κ1) is 27.9. The predicted octanol–water partition coefficient (Wildman–Crippen LogP) is 3.53. The summed E-state index contributed by atoms with van der Waals surface area (Å²) in [4.78, 5) is 42.5.